The van der Waals surface area contributed by atoms with Gasteiger partial charge in [-0.2, -0.15) is 0 Å². The van der Waals surface area contributed by atoms with E-state index in [0.717, 1.165) is 9.87 Å². The van der Waals surface area contributed by atoms with Crippen LogP contribution in [0.15, 0.2) is 82.3 Å². The molecule has 9 nitrogen and oxygen atoms in total. The fourth-order valence-electron chi connectivity index (χ4n) is 3.42. The third-order valence-electron chi connectivity index (χ3n) is 5.28. The Hall–Kier alpha value is -3.60. The molecule has 1 atom stereocenters. The van der Waals surface area contributed by atoms with Gasteiger partial charge in [-0.1, -0.05) is 29.8 Å². The number of carbonyl (C=O) groups is 2. The average Bonchev–Trinajstić information content (AvgIpc) is 3.53. The highest BCUT2D eigenvalue weighted by Gasteiger charge is 2.33. The van der Waals surface area contributed by atoms with E-state index in [1.807, 2.05) is 18.2 Å². The number of hydrogen-bond donors (Lipinski definition) is 1. The van der Waals surface area contributed by atoms with Gasteiger partial charge in [-0.15, -0.1) is 0 Å². The van der Waals surface area contributed by atoms with Crippen LogP contribution in [-0.4, -0.2) is 50.3 Å². The summed E-state index contributed by atoms with van der Waals surface area (Å²) in [5, 5.41) is 1.89. The van der Waals surface area contributed by atoms with Crippen molar-refractivity contribution in [3.05, 3.63) is 94.9 Å². The van der Waals surface area contributed by atoms with E-state index in [9.17, 15) is 18.0 Å². The third kappa shape index (κ3) is 5.24. The highest BCUT2D eigenvalue weighted by molar-refractivity contribution is 7.89. The summed E-state index contributed by atoms with van der Waals surface area (Å²) in [6, 6.07) is 15.4. The number of carbonyl (C=O) groups excluding carboxylic acids is 2. The summed E-state index contributed by atoms with van der Waals surface area (Å²) in [5.74, 6) is -0.839. The Labute approximate surface area is 207 Å². The van der Waals surface area contributed by atoms with E-state index >= 15 is 0 Å². The SMILES string of the molecule is CN(C)S(=O)(=O)c1cccc(C(=O)OCC(=O)N2NC(c3ccc(Cl)cc3)=C[C@H]2c2ccco2)c1. The van der Waals surface area contributed by atoms with E-state index in [2.05, 4.69) is 5.43 Å². The van der Waals surface area contributed by atoms with Gasteiger partial charge >= 0.3 is 5.97 Å². The van der Waals surface area contributed by atoms with Crippen LogP contribution in [0.3, 0.4) is 0 Å². The lowest BCUT2D eigenvalue weighted by Crippen LogP contribution is -2.42. The molecule has 0 saturated carbocycles. The zero-order valence-corrected chi connectivity index (χ0v) is 20.4. The number of rotatable bonds is 7. The average molecular weight is 516 g/mol. The van der Waals surface area contributed by atoms with Gasteiger partial charge in [-0.05, 0) is 54.1 Å². The van der Waals surface area contributed by atoms with Crippen LogP contribution in [0.4, 0.5) is 0 Å². The summed E-state index contributed by atoms with van der Waals surface area (Å²) in [6.07, 6.45) is 3.32. The first-order chi connectivity index (χ1) is 16.7. The normalized spacial score (nSPS) is 15.6. The topological polar surface area (TPSA) is 109 Å². The minimum Gasteiger partial charge on any atom is -0.467 e. The number of furan rings is 1. The predicted octanol–water partition coefficient (Wildman–Crippen LogP) is 3.47. The summed E-state index contributed by atoms with van der Waals surface area (Å²) in [4.78, 5) is 25.5. The summed E-state index contributed by atoms with van der Waals surface area (Å²) in [7, 11) is -0.945. The van der Waals surface area contributed by atoms with E-state index in [0.29, 0.717) is 16.5 Å². The van der Waals surface area contributed by atoms with Crippen LogP contribution in [0.2, 0.25) is 5.02 Å². The maximum Gasteiger partial charge on any atom is 0.338 e. The largest absolute Gasteiger partial charge is 0.467 e. The molecule has 0 aliphatic carbocycles. The quantitative estimate of drug-likeness (QED) is 0.480. The fourth-order valence-corrected chi connectivity index (χ4v) is 4.49. The van der Waals surface area contributed by atoms with E-state index in [-0.39, 0.29) is 10.5 Å². The van der Waals surface area contributed by atoms with Crippen LogP contribution >= 0.6 is 11.6 Å². The van der Waals surface area contributed by atoms with E-state index < -0.39 is 34.5 Å². The third-order valence-corrected chi connectivity index (χ3v) is 7.34. The smallest absolute Gasteiger partial charge is 0.338 e. The zero-order chi connectivity index (χ0) is 25.2. The van der Waals surface area contributed by atoms with Gasteiger partial charge in [0.05, 0.1) is 22.4 Å². The summed E-state index contributed by atoms with van der Waals surface area (Å²) < 4.78 is 36.4. The predicted molar refractivity (Wildman–Crippen MR) is 128 cm³/mol. The van der Waals surface area contributed by atoms with E-state index in [4.69, 9.17) is 20.8 Å². The molecule has 0 fully saturated rings. The van der Waals surface area contributed by atoms with Crippen LogP contribution < -0.4 is 5.43 Å². The summed E-state index contributed by atoms with van der Waals surface area (Å²) >= 11 is 5.98. The molecule has 3 aromatic rings. The number of hydrazine groups is 1. The molecule has 1 aliphatic heterocycles. The first-order valence-corrected chi connectivity index (χ1v) is 12.3. The maximum atomic E-state index is 13.0. The molecule has 0 bridgehead atoms. The Bertz CT molecular complexity index is 1370. The summed E-state index contributed by atoms with van der Waals surface area (Å²) in [5.41, 5.74) is 4.51. The standard InChI is InChI=1S/C24H22ClN3O6S/c1-27(2)35(31,32)19-6-3-5-17(13-19)24(30)34-15-23(29)28-21(22-7-4-12-33-22)14-20(26-28)16-8-10-18(25)11-9-16/h3-14,21,26H,15H2,1-2H3/t21-/m0/s1. The van der Waals surface area contributed by atoms with Gasteiger partial charge in [0, 0.05) is 19.1 Å². The molecule has 1 N–H and O–H groups in total. The number of ether oxygens (including phenoxy) is 1. The minimum atomic E-state index is -3.73. The van der Waals surface area contributed by atoms with Gasteiger partial charge in [0.15, 0.2) is 6.61 Å². The van der Waals surface area contributed by atoms with E-state index in [1.165, 1.54) is 49.6 Å². The van der Waals surface area contributed by atoms with Crippen molar-refractivity contribution < 1.29 is 27.2 Å². The Kier molecular flexibility index (Phi) is 6.97. The number of amides is 1. The van der Waals surface area contributed by atoms with Crippen LogP contribution in [0.25, 0.3) is 5.70 Å². The number of nitrogens with zero attached hydrogens (tertiary/aromatic N) is 2. The first kappa shape index (κ1) is 24.5. The van der Waals surface area contributed by atoms with Crippen molar-refractivity contribution in [1.29, 1.82) is 0 Å². The second-order valence-electron chi connectivity index (χ2n) is 7.81. The van der Waals surface area contributed by atoms with Crippen LogP contribution in [-0.2, 0) is 19.6 Å². The number of esters is 1. The van der Waals surface area contributed by atoms with Crippen molar-refractivity contribution >= 4 is 39.2 Å². The van der Waals surface area contributed by atoms with Gasteiger partial charge in [-0.25, -0.2) is 22.5 Å². The molecule has 0 radical (unpaired) electrons. The van der Waals surface area contributed by atoms with Crippen molar-refractivity contribution in [3.63, 3.8) is 0 Å². The molecule has 11 heteroatoms. The van der Waals surface area contributed by atoms with E-state index in [1.54, 1.807) is 24.3 Å². The van der Waals surface area contributed by atoms with Crippen LogP contribution in [0.5, 0.6) is 0 Å². The molecule has 0 spiro atoms. The number of halogens is 1. The lowest BCUT2D eigenvalue weighted by atomic mass is 10.1. The van der Waals surface area contributed by atoms with Crippen molar-refractivity contribution in [1.82, 2.24) is 14.7 Å². The number of nitrogens with one attached hydrogen (secondary N) is 1. The van der Waals surface area contributed by atoms with Crippen molar-refractivity contribution in [3.8, 4) is 0 Å². The van der Waals surface area contributed by atoms with Crippen LogP contribution in [0, 0.1) is 0 Å². The Morgan fingerprint density at radius 3 is 2.51 bits per heavy atom. The minimum absolute atomic E-state index is 0.0117. The van der Waals surface area contributed by atoms with Crippen molar-refractivity contribution in [2.45, 2.75) is 10.9 Å². The number of benzene rings is 2. The molecule has 35 heavy (non-hydrogen) atoms. The Balaban J connectivity index is 1.48. The number of sulfonamides is 1. The lowest BCUT2D eigenvalue weighted by Gasteiger charge is -2.23. The molecular formula is C24H22ClN3O6S. The Morgan fingerprint density at radius 1 is 1.11 bits per heavy atom. The Morgan fingerprint density at radius 2 is 1.86 bits per heavy atom. The molecule has 2 heterocycles. The highest BCUT2D eigenvalue weighted by Crippen LogP contribution is 2.32. The van der Waals surface area contributed by atoms with Gasteiger partial charge in [-0.3, -0.25) is 10.2 Å². The molecule has 2 aromatic carbocycles. The van der Waals surface area contributed by atoms with Gasteiger partial charge in [0.25, 0.3) is 5.91 Å². The van der Waals surface area contributed by atoms with Crippen molar-refractivity contribution in [2.24, 2.45) is 0 Å². The second kappa shape index (κ2) is 9.95. The van der Waals surface area contributed by atoms with Gasteiger partial charge in [0.1, 0.15) is 11.8 Å². The number of hydrogen-bond acceptors (Lipinski definition) is 7. The highest BCUT2D eigenvalue weighted by atomic mass is 35.5. The molecule has 0 saturated heterocycles. The molecule has 4 rings (SSSR count). The molecular weight excluding hydrogens is 494 g/mol. The first-order valence-electron chi connectivity index (χ1n) is 10.5. The molecule has 1 amide bonds. The van der Waals surface area contributed by atoms with Gasteiger partial charge in [0.2, 0.25) is 10.0 Å². The molecule has 0 unspecified atom stereocenters. The maximum absolute atomic E-state index is 13.0. The monoisotopic (exact) mass is 515 g/mol. The van der Waals surface area contributed by atoms with Crippen molar-refractivity contribution in [2.75, 3.05) is 20.7 Å². The van der Waals surface area contributed by atoms with Gasteiger partial charge < -0.3 is 9.15 Å². The second-order valence-corrected chi connectivity index (χ2v) is 10.4. The summed E-state index contributed by atoms with van der Waals surface area (Å²) in [6.45, 7) is -0.574. The molecule has 1 aliphatic rings. The molecule has 182 valence electrons. The lowest BCUT2D eigenvalue weighted by molar-refractivity contribution is -0.138. The zero-order valence-electron chi connectivity index (χ0n) is 18.8. The van der Waals surface area contributed by atoms with Crippen LogP contribution in [0.1, 0.15) is 27.7 Å². The fraction of sp³-hybridized carbons (Fsp3) is 0.167. The molecule has 1 aromatic heterocycles.